The van der Waals surface area contributed by atoms with E-state index in [1.165, 1.54) is 11.3 Å². The van der Waals surface area contributed by atoms with Crippen molar-refractivity contribution in [1.82, 2.24) is 9.80 Å². The predicted molar refractivity (Wildman–Crippen MR) is 90.9 cm³/mol. The monoisotopic (exact) mass is 290 g/mol. The lowest BCUT2D eigenvalue weighted by molar-refractivity contribution is 0.114. The van der Waals surface area contributed by atoms with Gasteiger partial charge in [-0.2, -0.15) is 0 Å². The Balaban J connectivity index is 2.08. The van der Waals surface area contributed by atoms with Crippen molar-refractivity contribution < 1.29 is 0 Å². The van der Waals surface area contributed by atoms with Gasteiger partial charge in [0.05, 0.1) is 0 Å². The summed E-state index contributed by atoms with van der Waals surface area (Å²) in [5, 5.41) is 0. The predicted octanol–water partition coefficient (Wildman–Crippen LogP) is 1.78. The van der Waals surface area contributed by atoms with Gasteiger partial charge >= 0.3 is 0 Å². The molecule has 1 atom stereocenters. The molecule has 2 rings (SSSR count). The lowest BCUT2D eigenvalue weighted by Crippen LogP contribution is -2.47. The average Bonchev–Trinajstić information content (AvgIpc) is 2.52. The minimum absolute atomic E-state index is 0.351. The smallest absolute Gasteiger partial charge is 0.0471 e. The van der Waals surface area contributed by atoms with E-state index in [2.05, 4.69) is 59.9 Å². The van der Waals surface area contributed by atoms with Crippen molar-refractivity contribution in [1.29, 1.82) is 0 Å². The second kappa shape index (κ2) is 7.78. The summed E-state index contributed by atoms with van der Waals surface area (Å²) in [5.41, 5.74) is 8.70. The van der Waals surface area contributed by atoms with Crippen LogP contribution in [0, 0.1) is 0 Å². The Labute approximate surface area is 129 Å². The molecule has 2 N–H and O–H groups in total. The lowest BCUT2D eigenvalue weighted by Gasteiger charge is -2.37. The van der Waals surface area contributed by atoms with Crippen molar-refractivity contribution in [2.24, 2.45) is 5.73 Å². The van der Waals surface area contributed by atoms with Gasteiger partial charge in [-0.25, -0.2) is 0 Å². The van der Waals surface area contributed by atoms with Crippen LogP contribution < -0.4 is 10.6 Å². The summed E-state index contributed by atoms with van der Waals surface area (Å²) in [4.78, 5) is 7.27. The molecule has 1 saturated heterocycles. The molecule has 1 aliphatic rings. The van der Waals surface area contributed by atoms with Gasteiger partial charge in [0.1, 0.15) is 0 Å². The SMILES string of the molecule is CCN(CC)c1ccc(C(CN)N2CCN(C)CC2)cc1. The first-order chi connectivity index (χ1) is 10.2. The quantitative estimate of drug-likeness (QED) is 0.866. The zero-order valence-corrected chi connectivity index (χ0v) is 13.8. The molecule has 0 aliphatic carbocycles. The molecular formula is C17H30N4. The fourth-order valence-electron chi connectivity index (χ4n) is 3.13. The maximum atomic E-state index is 6.05. The van der Waals surface area contributed by atoms with Crippen LogP contribution in [0.15, 0.2) is 24.3 Å². The van der Waals surface area contributed by atoms with Crippen LogP contribution in [0.1, 0.15) is 25.5 Å². The third-order valence-corrected chi connectivity index (χ3v) is 4.61. The number of piperazine rings is 1. The zero-order valence-electron chi connectivity index (χ0n) is 13.8. The Bertz CT molecular complexity index is 405. The van der Waals surface area contributed by atoms with E-state index < -0.39 is 0 Å². The molecule has 1 aliphatic heterocycles. The van der Waals surface area contributed by atoms with Crippen LogP contribution in [0.4, 0.5) is 5.69 Å². The second-order valence-corrected chi connectivity index (χ2v) is 5.85. The molecule has 1 fully saturated rings. The maximum absolute atomic E-state index is 6.05. The highest BCUT2D eigenvalue weighted by Crippen LogP contribution is 2.24. The lowest BCUT2D eigenvalue weighted by atomic mass is 10.0. The largest absolute Gasteiger partial charge is 0.372 e. The van der Waals surface area contributed by atoms with E-state index in [0.717, 1.165) is 39.3 Å². The zero-order chi connectivity index (χ0) is 15.2. The van der Waals surface area contributed by atoms with Gasteiger partial charge in [-0.3, -0.25) is 4.90 Å². The summed E-state index contributed by atoms with van der Waals surface area (Å²) in [7, 11) is 2.19. The molecule has 1 unspecified atom stereocenters. The second-order valence-electron chi connectivity index (χ2n) is 5.85. The van der Waals surface area contributed by atoms with Crippen LogP contribution in [-0.2, 0) is 0 Å². The van der Waals surface area contributed by atoms with E-state index >= 15 is 0 Å². The Morgan fingerprint density at radius 1 is 1.05 bits per heavy atom. The molecule has 21 heavy (non-hydrogen) atoms. The molecule has 0 radical (unpaired) electrons. The molecule has 0 saturated carbocycles. The van der Waals surface area contributed by atoms with Gasteiger partial charge in [-0.15, -0.1) is 0 Å². The summed E-state index contributed by atoms with van der Waals surface area (Å²) >= 11 is 0. The van der Waals surface area contributed by atoms with E-state index in [0.29, 0.717) is 12.6 Å². The fourth-order valence-corrected chi connectivity index (χ4v) is 3.13. The van der Waals surface area contributed by atoms with E-state index in [4.69, 9.17) is 5.73 Å². The standard InChI is InChI=1S/C17H30N4/c1-4-20(5-2)16-8-6-15(7-9-16)17(14-18)21-12-10-19(3)11-13-21/h6-9,17H,4-5,10-14,18H2,1-3H3. The third kappa shape index (κ3) is 3.96. The molecule has 118 valence electrons. The van der Waals surface area contributed by atoms with Gasteiger partial charge in [0.15, 0.2) is 0 Å². The highest BCUT2D eigenvalue weighted by molar-refractivity contribution is 5.47. The summed E-state index contributed by atoms with van der Waals surface area (Å²) in [6, 6.07) is 9.33. The van der Waals surface area contributed by atoms with Gasteiger partial charge < -0.3 is 15.5 Å². The number of benzene rings is 1. The van der Waals surface area contributed by atoms with Gasteiger partial charge in [0.25, 0.3) is 0 Å². The van der Waals surface area contributed by atoms with Gasteiger partial charge in [-0.05, 0) is 38.6 Å². The Morgan fingerprint density at radius 2 is 1.62 bits per heavy atom. The number of rotatable bonds is 6. The molecule has 0 amide bonds. The molecule has 4 nitrogen and oxygen atoms in total. The van der Waals surface area contributed by atoms with Crippen molar-refractivity contribution >= 4 is 5.69 Å². The van der Waals surface area contributed by atoms with Crippen molar-refractivity contribution in [3.05, 3.63) is 29.8 Å². The van der Waals surface area contributed by atoms with Crippen LogP contribution in [0.25, 0.3) is 0 Å². The number of anilines is 1. The summed E-state index contributed by atoms with van der Waals surface area (Å²) in [6.45, 7) is 11.7. The number of nitrogens with zero attached hydrogens (tertiary/aromatic N) is 3. The number of likely N-dealkylation sites (N-methyl/N-ethyl adjacent to an activating group) is 1. The topological polar surface area (TPSA) is 35.7 Å². The molecule has 1 heterocycles. The third-order valence-electron chi connectivity index (χ3n) is 4.61. The molecule has 1 aromatic carbocycles. The molecule has 0 aromatic heterocycles. The first-order valence-electron chi connectivity index (χ1n) is 8.17. The molecule has 0 bridgehead atoms. The summed E-state index contributed by atoms with van der Waals surface area (Å²) in [5.74, 6) is 0. The molecule has 0 spiro atoms. The van der Waals surface area contributed by atoms with Crippen molar-refractivity contribution in [3.8, 4) is 0 Å². The van der Waals surface area contributed by atoms with Crippen LogP contribution in [0.5, 0.6) is 0 Å². The normalized spacial score (nSPS) is 18.7. The Hall–Kier alpha value is -1.10. The Morgan fingerprint density at radius 3 is 2.10 bits per heavy atom. The number of nitrogens with two attached hydrogens (primary N) is 1. The molecular weight excluding hydrogens is 260 g/mol. The Kier molecular flexibility index (Phi) is 6.03. The highest BCUT2D eigenvalue weighted by atomic mass is 15.3. The van der Waals surface area contributed by atoms with Gasteiger partial charge in [0.2, 0.25) is 0 Å². The molecule has 4 heteroatoms. The van der Waals surface area contributed by atoms with Crippen LogP contribution >= 0.6 is 0 Å². The minimum atomic E-state index is 0.351. The van der Waals surface area contributed by atoms with Crippen LogP contribution in [0.2, 0.25) is 0 Å². The molecule has 1 aromatic rings. The first kappa shape index (κ1) is 16.3. The van der Waals surface area contributed by atoms with Crippen molar-refractivity contribution in [2.75, 3.05) is 57.8 Å². The number of hydrogen-bond donors (Lipinski definition) is 1. The van der Waals surface area contributed by atoms with Crippen LogP contribution in [-0.4, -0.2) is 62.7 Å². The highest BCUT2D eigenvalue weighted by Gasteiger charge is 2.22. The van der Waals surface area contributed by atoms with Crippen molar-refractivity contribution in [3.63, 3.8) is 0 Å². The maximum Gasteiger partial charge on any atom is 0.0471 e. The van der Waals surface area contributed by atoms with Crippen LogP contribution in [0.3, 0.4) is 0 Å². The van der Waals surface area contributed by atoms with Crippen molar-refractivity contribution in [2.45, 2.75) is 19.9 Å². The van der Waals surface area contributed by atoms with Gasteiger partial charge in [-0.1, -0.05) is 12.1 Å². The average molecular weight is 290 g/mol. The van der Waals surface area contributed by atoms with E-state index in [9.17, 15) is 0 Å². The first-order valence-corrected chi connectivity index (χ1v) is 8.17. The minimum Gasteiger partial charge on any atom is -0.372 e. The van der Waals surface area contributed by atoms with E-state index in [-0.39, 0.29) is 0 Å². The summed E-state index contributed by atoms with van der Waals surface area (Å²) in [6.07, 6.45) is 0. The summed E-state index contributed by atoms with van der Waals surface area (Å²) < 4.78 is 0. The fraction of sp³-hybridized carbons (Fsp3) is 0.647. The number of hydrogen-bond acceptors (Lipinski definition) is 4. The van der Waals surface area contributed by atoms with E-state index in [1.54, 1.807) is 0 Å². The van der Waals surface area contributed by atoms with Gasteiger partial charge in [0, 0.05) is 57.5 Å². The van der Waals surface area contributed by atoms with E-state index in [1.807, 2.05) is 0 Å².